The molecule has 0 radical (unpaired) electrons. The van der Waals surface area contributed by atoms with Crippen molar-refractivity contribution in [1.82, 2.24) is 9.88 Å². The Bertz CT molecular complexity index is 856. The lowest BCUT2D eigenvalue weighted by molar-refractivity contribution is -0.0101. The minimum Gasteiger partial charge on any atom is -0.444 e. The molecule has 2 heterocycles. The number of piperidine rings is 1. The Balaban J connectivity index is 1.82. The molecule has 160 valence electrons. The fourth-order valence-electron chi connectivity index (χ4n) is 4.23. The lowest BCUT2D eigenvalue weighted by atomic mass is 9.91. The lowest BCUT2D eigenvalue weighted by Crippen LogP contribution is -2.42. The van der Waals surface area contributed by atoms with Crippen LogP contribution in [-0.2, 0) is 15.9 Å². The standard InChI is InChI=1S/C23H33FN2O3/c1-15-20-16(11-12-19(24)28-5)8-6-10-18(20)25-21(15)17-9-7-13-26(14-17)22(27)29-23(2,3)4/h6,8,10,17,19,25H,7,9,11-14H2,1-5H3. The van der Waals surface area contributed by atoms with Crippen molar-refractivity contribution >= 4 is 17.0 Å². The molecule has 2 atom stereocenters. The van der Waals surface area contributed by atoms with Gasteiger partial charge in [-0.05, 0) is 64.2 Å². The van der Waals surface area contributed by atoms with Crippen LogP contribution in [0.3, 0.4) is 0 Å². The van der Waals surface area contributed by atoms with Crippen LogP contribution in [-0.4, -0.2) is 48.1 Å². The van der Waals surface area contributed by atoms with Gasteiger partial charge in [-0.2, -0.15) is 0 Å². The molecule has 1 N–H and O–H groups in total. The molecule has 3 rings (SSSR count). The smallest absolute Gasteiger partial charge is 0.410 e. The molecule has 1 fully saturated rings. The summed E-state index contributed by atoms with van der Waals surface area (Å²) in [5.74, 6) is 0.240. The normalized spacial score (nSPS) is 18.8. The molecular formula is C23H33FN2O3. The van der Waals surface area contributed by atoms with Crippen LogP contribution in [0.1, 0.15) is 62.8 Å². The number of nitrogens with one attached hydrogen (secondary N) is 1. The molecule has 1 aromatic heterocycles. The van der Waals surface area contributed by atoms with Gasteiger partial charge in [0.15, 0.2) is 6.36 Å². The number of rotatable bonds is 5. The van der Waals surface area contributed by atoms with Crippen LogP contribution in [0, 0.1) is 6.92 Å². The summed E-state index contributed by atoms with van der Waals surface area (Å²) in [6.45, 7) is 9.16. The summed E-state index contributed by atoms with van der Waals surface area (Å²) >= 11 is 0. The molecule has 0 aliphatic carbocycles. The van der Waals surface area contributed by atoms with Gasteiger partial charge in [-0.3, -0.25) is 0 Å². The first-order chi connectivity index (χ1) is 13.7. The van der Waals surface area contributed by atoms with E-state index in [1.807, 2.05) is 31.7 Å². The Labute approximate surface area is 172 Å². The van der Waals surface area contributed by atoms with E-state index in [2.05, 4.69) is 24.0 Å². The fourth-order valence-corrected chi connectivity index (χ4v) is 4.23. The van der Waals surface area contributed by atoms with E-state index in [0.29, 0.717) is 19.4 Å². The Kier molecular flexibility index (Phi) is 6.52. The van der Waals surface area contributed by atoms with Gasteiger partial charge in [0.25, 0.3) is 0 Å². The van der Waals surface area contributed by atoms with Crippen molar-refractivity contribution in [2.45, 2.75) is 71.3 Å². The van der Waals surface area contributed by atoms with Crippen molar-refractivity contribution in [2.24, 2.45) is 0 Å². The van der Waals surface area contributed by atoms with E-state index < -0.39 is 12.0 Å². The summed E-state index contributed by atoms with van der Waals surface area (Å²) in [5, 5.41) is 1.17. The first kappa shape index (κ1) is 21.6. The van der Waals surface area contributed by atoms with Crippen molar-refractivity contribution in [1.29, 1.82) is 0 Å². The maximum absolute atomic E-state index is 13.6. The number of fused-ring (bicyclic) bond motifs is 1. The predicted octanol–water partition coefficient (Wildman–Crippen LogP) is 5.47. The van der Waals surface area contributed by atoms with E-state index in [4.69, 9.17) is 9.47 Å². The summed E-state index contributed by atoms with van der Waals surface area (Å²) in [7, 11) is 1.39. The average molecular weight is 405 g/mol. The summed E-state index contributed by atoms with van der Waals surface area (Å²) in [5.41, 5.74) is 4.06. The number of benzene rings is 1. The zero-order valence-corrected chi connectivity index (χ0v) is 18.2. The zero-order chi connectivity index (χ0) is 21.2. The molecule has 1 saturated heterocycles. The molecule has 2 unspecified atom stereocenters. The van der Waals surface area contributed by atoms with Crippen LogP contribution in [0.2, 0.25) is 0 Å². The third-order valence-electron chi connectivity index (χ3n) is 5.58. The van der Waals surface area contributed by atoms with Gasteiger partial charge in [0.2, 0.25) is 0 Å². The van der Waals surface area contributed by atoms with E-state index in [9.17, 15) is 9.18 Å². The number of aryl methyl sites for hydroxylation is 2. The molecule has 1 aliphatic heterocycles. The molecule has 1 amide bonds. The van der Waals surface area contributed by atoms with Crippen LogP contribution < -0.4 is 0 Å². The quantitative estimate of drug-likeness (QED) is 0.719. The molecule has 0 spiro atoms. The predicted molar refractivity (Wildman–Crippen MR) is 113 cm³/mol. The summed E-state index contributed by atoms with van der Waals surface area (Å²) < 4.78 is 23.9. The van der Waals surface area contributed by atoms with Crippen LogP contribution in [0.25, 0.3) is 10.9 Å². The van der Waals surface area contributed by atoms with E-state index in [1.165, 1.54) is 23.8 Å². The molecule has 6 heteroatoms. The van der Waals surface area contributed by atoms with Crippen molar-refractivity contribution in [3.63, 3.8) is 0 Å². The number of carbonyl (C=O) groups is 1. The second kappa shape index (κ2) is 8.74. The number of H-pyrrole nitrogens is 1. The van der Waals surface area contributed by atoms with Gasteiger partial charge in [0.1, 0.15) is 5.60 Å². The first-order valence-electron chi connectivity index (χ1n) is 10.4. The molecule has 0 bridgehead atoms. The van der Waals surface area contributed by atoms with Gasteiger partial charge in [0, 0.05) is 49.1 Å². The summed E-state index contributed by atoms with van der Waals surface area (Å²) in [6, 6.07) is 6.13. The van der Waals surface area contributed by atoms with E-state index >= 15 is 0 Å². The second-order valence-electron chi connectivity index (χ2n) is 8.95. The van der Waals surface area contributed by atoms with Gasteiger partial charge in [-0.1, -0.05) is 12.1 Å². The lowest BCUT2D eigenvalue weighted by Gasteiger charge is -2.34. The molecule has 1 aromatic carbocycles. The summed E-state index contributed by atoms with van der Waals surface area (Å²) in [4.78, 5) is 17.9. The number of ether oxygens (including phenoxy) is 2. The van der Waals surface area contributed by atoms with Crippen LogP contribution in [0.4, 0.5) is 9.18 Å². The highest BCUT2D eigenvalue weighted by molar-refractivity contribution is 5.88. The van der Waals surface area contributed by atoms with Gasteiger partial charge in [-0.15, -0.1) is 0 Å². The highest BCUT2D eigenvalue weighted by Crippen LogP contribution is 2.35. The number of halogens is 1. The number of hydrogen-bond acceptors (Lipinski definition) is 3. The van der Waals surface area contributed by atoms with Crippen molar-refractivity contribution in [3.05, 3.63) is 35.0 Å². The highest BCUT2D eigenvalue weighted by Gasteiger charge is 2.30. The van der Waals surface area contributed by atoms with Gasteiger partial charge >= 0.3 is 6.09 Å². The minimum atomic E-state index is -1.25. The van der Waals surface area contributed by atoms with Crippen molar-refractivity contribution in [3.8, 4) is 0 Å². The molecule has 0 saturated carbocycles. The van der Waals surface area contributed by atoms with Crippen LogP contribution in [0.5, 0.6) is 0 Å². The number of carbonyl (C=O) groups excluding carboxylic acids is 1. The highest BCUT2D eigenvalue weighted by atomic mass is 19.1. The number of amides is 1. The van der Waals surface area contributed by atoms with Gasteiger partial charge < -0.3 is 19.4 Å². The van der Waals surface area contributed by atoms with E-state index in [1.54, 1.807) is 0 Å². The third kappa shape index (κ3) is 5.10. The number of aromatic amines is 1. The number of methoxy groups -OCH3 is 1. The van der Waals surface area contributed by atoms with E-state index in [-0.39, 0.29) is 12.0 Å². The number of alkyl halides is 1. The van der Waals surface area contributed by atoms with Gasteiger partial charge in [-0.25, -0.2) is 9.18 Å². The largest absolute Gasteiger partial charge is 0.444 e. The Morgan fingerprint density at radius 2 is 2.14 bits per heavy atom. The van der Waals surface area contributed by atoms with Gasteiger partial charge in [0.05, 0.1) is 0 Å². The monoisotopic (exact) mass is 404 g/mol. The fraction of sp³-hybridized carbons (Fsp3) is 0.609. The Hall–Kier alpha value is -2.08. The SMILES string of the molecule is COC(F)CCc1cccc2[nH]c(C3CCCN(C(=O)OC(C)(C)C)C3)c(C)c12. The average Bonchev–Trinajstić information content (AvgIpc) is 3.02. The Morgan fingerprint density at radius 3 is 2.83 bits per heavy atom. The molecule has 2 aromatic rings. The molecular weight excluding hydrogens is 371 g/mol. The molecule has 29 heavy (non-hydrogen) atoms. The van der Waals surface area contributed by atoms with Crippen LogP contribution in [0.15, 0.2) is 18.2 Å². The molecule has 1 aliphatic rings. The second-order valence-corrected chi connectivity index (χ2v) is 8.95. The maximum atomic E-state index is 13.6. The number of hydrogen-bond donors (Lipinski definition) is 1. The summed E-state index contributed by atoms with van der Waals surface area (Å²) in [6.07, 6.45) is 1.45. The van der Waals surface area contributed by atoms with Crippen molar-refractivity contribution in [2.75, 3.05) is 20.2 Å². The maximum Gasteiger partial charge on any atom is 0.410 e. The third-order valence-corrected chi connectivity index (χ3v) is 5.58. The number of nitrogens with zero attached hydrogens (tertiary/aromatic N) is 1. The molecule has 5 nitrogen and oxygen atoms in total. The first-order valence-corrected chi connectivity index (χ1v) is 10.4. The zero-order valence-electron chi connectivity index (χ0n) is 18.2. The van der Waals surface area contributed by atoms with Crippen molar-refractivity contribution < 1.29 is 18.7 Å². The Morgan fingerprint density at radius 1 is 1.38 bits per heavy atom. The topological polar surface area (TPSA) is 54.6 Å². The minimum absolute atomic E-state index is 0.240. The van der Waals surface area contributed by atoms with Crippen LogP contribution >= 0.6 is 0 Å². The number of likely N-dealkylation sites (tertiary alicyclic amines) is 1. The van der Waals surface area contributed by atoms with E-state index in [0.717, 1.165) is 30.5 Å². The number of aromatic nitrogens is 1.